The van der Waals surface area contributed by atoms with Gasteiger partial charge in [0.15, 0.2) is 5.11 Å². The number of carbonyl (C=O) groups is 1. The molecule has 7 nitrogen and oxygen atoms in total. The maximum Gasteiger partial charge on any atom is 0.357 e. The number of benzene rings is 1. The van der Waals surface area contributed by atoms with Crippen LogP contribution < -0.4 is 10.0 Å². The van der Waals surface area contributed by atoms with Crippen LogP contribution in [0.2, 0.25) is 0 Å². The Kier molecular flexibility index (Phi) is 6.92. The van der Waals surface area contributed by atoms with Crippen LogP contribution in [0.1, 0.15) is 24.5 Å². The highest BCUT2D eigenvalue weighted by Crippen LogP contribution is 2.20. The quantitative estimate of drug-likeness (QED) is 0.526. The molecule has 0 bridgehead atoms. The molecule has 0 aliphatic heterocycles. The molecule has 0 spiro atoms. The van der Waals surface area contributed by atoms with Crippen LogP contribution in [0.15, 0.2) is 18.2 Å². The first-order valence-corrected chi connectivity index (χ1v) is 8.89. The summed E-state index contributed by atoms with van der Waals surface area (Å²) >= 11 is 5.12. The third-order valence-corrected chi connectivity index (χ3v) is 3.96. The number of hydrogen-bond acceptors (Lipinski definition) is 4. The van der Waals surface area contributed by atoms with E-state index in [9.17, 15) is 13.2 Å². The topological polar surface area (TPSA) is 98.7 Å². The van der Waals surface area contributed by atoms with Crippen LogP contribution in [0.3, 0.4) is 0 Å². The van der Waals surface area contributed by atoms with Crippen LogP contribution in [-0.2, 0) is 21.5 Å². The van der Waals surface area contributed by atoms with Crippen LogP contribution in [0.5, 0.6) is 0 Å². The molecule has 3 N–H and O–H groups in total. The van der Waals surface area contributed by atoms with Gasteiger partial charge in [-0.2, -0.15) is 8.42 Å². The summed E-state index contributed by atoms with van der Waals surface area (Å²) in [5.74, 6) is -0.256. The fourth-order valence-electron chi connectivity index (χ4n) is 2.03. The fourth-order valence-corrected chi connectivity index (χ4v) is 2.70. The molecule has 0 aliphatic rings. The minimum atomic E-state index is -4.42. The second-order valence-electron chi connectivity index (χ2n) is 5.02. The zero-order chi connectivity index (χ0) is 17.6. The van der Waals surface area contributed by atoms with Gasteiger partial charge in [0.05, 0.1) is 12.1 Å². The molecule has 0 saturated heterocycles. The summed E-state index contributed by atoms with van der Waals surface area (Å²) in [6.45, 7) is 4.17. The van der Waals surface area contributed by atoms with E-state index in [0.29, 0.717) is 17.2 Å². The number of nitrogens with one attached hydrogen (secondary N) is 2. The lowest BCUT2D eigenvalue weighted by Crippen LogP contribution is -2.43. The Bertz CT molecular complexity index is 689. The van der Waals surface area contributed by atoms with Crippen molar-refractivity contribution in [2.75, 3.05) is 18.3 Å². The van der Waals surface area contributed by atoms with E-state index in [0.717, 1.165) is 12.0 Å². The number of aryl methyl sites for hydroxylation is 1. The molecule has 0 unspecified atom stereocenters. The fraction of sp³-hybridized carbons (Fsp3) is 0.429. The van der Waals surface area contributed by atoms with Gasteiger partial charge in [-0.05, 0) is 42.8 Å². The Labute approximate surface area is 141 Å². The highest BCUT2D eigenvalue weighted by molar-refractivity contribution is 7.87. The SMILES string of the molecule is CCCN(C(=O)Cc1ccc(C)cc1NS(=O)(=O)O)C(=S)NC. The van der Waals surface area contributed by atoms with Crippen molar-refractivity contribution in [2.24, 2.45) is 0 Å². The highest BCUT2D eigenvalue weighted by atomic mass is 32.2. The molecule has 1 aromatic carbocycles. The molecular weight excluding hydrogens is 338 g/mol. The minimum Gasteiger partial charge on any atom is -0.365 e. The highest BCUT2D eigenvalue weighted by Gasteiger charge is 2.19. The number of amides is 1. The van der Waals surface area contributed by atoms with Gasteiger partial charge in [-0.25, -0.2) is 0 Å². The predicted octanol–water partition coefficient (Wildman–Crippen LogP) is 1.50. The van der Waals surface area contributed by atoms with Crippen LogP contribution in [0, 0.1) is 6.92 Å². The van der Waals surface area contributed by atoms with E-state index in [1.165, 1.54) is 4.90 Å². The Hall–Kier alpha value is -1.71. The molecule has 0 aliphatic carbocycles. The predicted molar refractivity (Wildman–Crippen MR) is 93.7 cm³/mol. The standard InChI is InChI=1S/C14H21N3O4S2/c1-4-7-17(14(22)15-3)13(18)9-11-6-5-10(2)8-12(11)16-23(19,20)21/h5-6,8,16H,4,7,9H2,1-3H3,(H,15,22)(H,19,20,21). The monoisotopic (exact) mass is 359 g/mol. The lowest BCUT2D eigenvalue weighted by atomic mass is 10.1. The summed E-state index contributed by atoms with van der Waals surface area (Å²) < 4.78 is 33.1. The average Bonchev–Trinajstić information content (AvgIpc) is 2.45. The molecule has 9 heteroatoms. The van der Waals surface area contributed by atoms with E-state index in [1.54, 1.807) is 32.2 Å². The van der Waals surface area contributed by atoms with Gasteiger partial charge in [-0.1, -0.05) is 19.1 Å². The molecule has 0 fully saturated rings. The van der Waals surface area contributed by atoms with Gasteiger partial charge in [-0.3, -0.25) is 19.0 Å². The number of hydrogen-bond donors (Lipinski definition) is 3. The molecule has 0 heterocycles. The van der Waals surface area contributed by atoms with Crippen LogP contribution in [0.25, 0.3) is 0 Å². The van der Waals surface area contributed by atoms with E-state index >= 15 is 0 Å². The summed E-state index contributed by atoms with van der Waals surface area (Å²) in [6, 6.07) is 4.96. The molecule has 0 saturated carbocycles. The molecule has 23 heavy (non-hydrogen) atoms. The number of rotatable bonds is 6. The summed E-state index contributed by atoms with van der Waals surface area (Å²) in [5.41, 5.74) is 1.43. The largest absolute Gasteiger partial charge is 0.365 e. The lowest BCUT2D eigenvalue weighted by molar-refractivity contribution is -0.126. The van der Waals surface area contributed by atoms with E-state index in [2.05, 4.69) is 5.32 Å². The van der Waals surface area contributed by atoms with Gasteiger partial charge in [0.25, 0.3) is 0 Å². The smallest absolute Gasteiger partial charge is 0.357 e. The normalized spacial score (nSPS) is 11.0. The van der Waals surface area contributed by atoms with Crippen LogP contribution in [0.4, 0.5) is 5.69 Å². The lowest BCUT2D eigenvalue weighted by Gasteiger charge is -2.23. The van der Waals surface area contributed by atoms with Crippen molar-refractivity contribution in [3.63, 3.8) is 0 Å². The van der Waals surface area contributed by atoms with Crippen molar-refractivity contribution in [3.05, 3.63) is 29.3 Å². The van der Waals surface area contributed by atoms with Gasteiger partial charge >= 0.3 is 10.3 Å². The summed E-state index contributed by atoms with van der Waals surface area (Å²) in [5, 5.41) is 3.08. The minimum absolute atomic E-state index is 0.0417. The first kappa shape index (κ1) is 19.3. The number of thiocarbonyl (C=S) groups is 1. The molecule has 1 rings (SSSR count). The maximum absolute atomic E-state index is 12.5. The number of nitrogens with zero attached hydrogens (tertiary/aromatic N) is 1. The molecule has 0 atom stereocenters. The molecule has 1 amide bonds. The zero-order valence-corrected chi connectivity index (χ0v) is 14.9. The van der Waals surface area contributed by atoms with Gasteiger partial charge in [0, 0.05) is 13.6 Å². The summed E-state index contributed by atoms with van der Waals surface area (Å²) in [6.07, 6.45) is 0.692. The third kappa shape index (κ3) is 6.12. The zero-order valence-electron chi connectivity index (χ0n) is 13.3. The van der Waals surface area contributed by atoms with Gasteiger partial charge in [0.1, 0.15) is 0 Å². The number of anilines is 1. The van der Waals surface area contributed by atoms with E-state index in [1.807, 2.05) is 11.6 Å². The molecule has 1 aromatic rings. The van der Waals surface area contributed by atoms with Crippen LogP contribution in [-0.4, -0.2) is 42.5 Å². The Balaban J connectivity index is 3.07. The molecule has 0 radical (unpaired) electrons. The van der Waals surface area contributed by atoms with Crippen molar-refractivity contribution in [1.29, 1.82) is 0 Å². The first-order chi connectivity index (χ1) is 10.7. The van der Waals surface area contributed by atoms with E-state index in [4.69, 9.17) is 16.8 Å². The van der Waals surface area contributed by atoms with Crippen molar-refractivity contribution >= 4 is 39.2 Å². The summed E-state index contributed by atoms with van der Waals surface area (Å²) in [7, 11) is -2.78. The third-order valence-electron chi connectivity index (χ3n) is 3.05. The summed E-state index contributed by atoms with van der Waals surface area (Å²) in [4.78, 5) is 13.9. The Morgan fingerprint density at radius 3 is 2.57 bits per heavy atom. The van der Waals surface area contributed by atoms with Crippen molar-refractivity contribution < 1.29 is 17.8 Å². The van der Waals surface area contributed by atoms with E-state index in [-0.39, 0.29) is 18.0 Å². The van der Waals surface area contributed by atoms with E-state index < -0.39 is 10.3 Å². The van der Waals surface area contributed by atoms with Gasteiger partial charge in [0.2, 0.25) is 5.91 Å². The maximum atomic E-state index is 12.5. The van der Waals surface area contributed by atoms with Gasteiger partial charge < -0.3 is 5.32 Å². The molecule has 128 valence electrons. The van der Waals surface area contributed by atoms with Crippen molar-refractivity contribution in [3.8, 4) is 0 Å². The van der Waals surface area contributed by atoms with Gasteiger partial charge in [-0.15, -0.1) is 0 Å². The molecular formula is C14H21N3O4S2. The Morgan fingerprint density at radius 1 is 1.39 bits per heavy atom. The first-order valence-electron chi connectivity index (χ1n) is 7.04. The second-order valence-corrected chi connectivity index (χ2v) is 6.56. The average molecular weight is 359 g/mol. The number of carbonyl (C=O) groups excluding carboxylic acids is 1. The molecule has 0 aromatic heterocycles. The van der Waals surface area contributed by atoms with Crippen molar-refractivity contribution in [2.45, 2.75) is 26.7 Å². The van der Waals surface area contributed by atoms with Crippen LogP contribution >= 0.6 is 12.2 Å². The van der Waals surface area contributed by atoms with Crippen molar-refractivity contribution in [1.82, 2.24) is 10.2 Å². The second kappa shape index (κ2) is 8.23. The Morgan fingerprint density at radius 2 is 2.04 bits per heavy atom.